The number of alkyl halides is 1. The van der Waals surface area contributed by atoms with E-state index in [9.17, 15) is 9.59 Å². The van der Waals surface area contributed by atoms with Gasteiger partial charge in [-0.1, -0.05) is 6.92 Å². The Morgan fingerprint density at radius 1 is 1.23 bits per heavy atom. The topological polar surface area (TPSA) is 49.9 Å². The van der Waals surface area contributed by atoms with Crippen LogP contribution in [0.3, 0.4) is 0 Å². The Bertz CT molecular complexity index is 449. The Balaban J connectivity index is 1.92. The number of carbonyl (C=O) groups excluding carboxylic acids is 2. The van der Waals surface area contributed by atoms with Crippen LogP contribution in [0.5, 0.6) is 0 Å². The predicted octanol–water partition coefficient (Wildman–Crippen LogP) is 2.72. The summed E-state index contributed by atoms with van der Waals surface area (Å²) in [4.78, 5) is 28.1. The molecule has 0 bridgehead atoms. The first-order valence-electron chi connectivity index (χ1n) is 7.96. The van der Waals surface area contributed by atoms with Gasteiger partial charge in [0.15, 0.2) is 0 Å². The van der Waals surface area contributed by atoms with Gasteiger partial charge in [-0.3, -0.25) is 4.79 Å². The molecule has 2 saturated heterocycles. The van der Waals surface area contributed by atoms with E-state index < -0.39 is 5.60 Å². The minimum absolute atomic E-state index is 0.0203. The summed E-state index contributed by atoms with van der Waals surface area (Å²) in [6.07, 6.45) is 0.993. The molecule has 5 nitrogen and oxygen atoms in total. The van der Waals surface area contributed by atoms with Crippen molar-refractivity contribution in [2.45, 2.75) is 46.1 Å². The van der Waals surface area contributed by atoms with E-state index in [2.05, 4.69) is 6.92 Å². The molecule has 126 valence electrons. The van der Waals surface area contributed by atoms with E-state index in [0.717, 1.165) is 19.5 Å². The Morgan fingerprint density at radius 2 is 1.82 bits per heavy atom. The molecule has 0 radical (unpaired) electrons. The first-order chi connectivity index (χ1) is 10.1. The number of ether oxygens (including phenoxy) is 1. The quantitative estimate of drug-likeness (QED) is 0.748. The van der Waals surface area contributed by atoms with E-state index in [1.807, 2.05) is 25.7 Å². The van der Waals surface area contributed by atoms with Crippen LogP contribution in [0.4, 0.5) is 4.79 Å². The molecule has 2 aliphatic rings. The number of nitrogens with zero attached hydrogens (tertiary/aromatic N) is 2. The van der Waals surface area contributed by atoms with Crippen molar-refractivity contribution in [1.82, 2.24) is 9.80 Å². The lowest BCUT2D eigenvalue weighted by atomic mass is 9.83. The molecule has 0 spiro atoms. The molecule has 0 unspecified atom stereocenters. The number of likely N-dealkylation sites (tertiary alicyclic amines) is 2. The normalized spacial score (nSPS) is 28.0. The Labute approximate surface area is 137 Å². The van der Waals surface area contributed by atoms with Crippen LogP contribution in [0.1, 0.15) is 40.5 Å². The summed E-state index contributed by atoms with van der Waals surface area (Å²) in [5, 5.41) is 0. The number of hydrogen-bond acceptors (Lipinski definition) is 3. The lowest BCUT2D eigenvalue weighted by molar-refractivity contribution is -0.130. The van der Waals surface area contributed by atoms with Crippen LogP contribution in [0.15, 0.2) is 0 Å². The molecule has 0 aromatic rings. The summed E-state index contributed by atoms with van der Waals surface area (Å²) in [5.74, 6) is 1.03. The van der Waals surface area contributed by atoms with Gasteiger partial charge in [-0.25, -0.2) is 4.79 Å². The Hall–Kier alpha value is -0.970. The van der Waals surface area contributed by atoms with Crippen molar-refractivity contribution >= 4 is 23.6 Å². The molecule has 22 heavy (non-hydrogen) atoms. The standard InChI is InChI=1S/C16H27ClN2O3/c1-15(2,3)22-14(21)19-9-12-8-18(10-16(12,4)11-19)13(20)6-5-7-17/h12H,5-11H2,1-4H3/t12-,16-/m0/s1. The zero-order valence-electron chi connectivity index (χ0n) is 14.0. The van der Waals surface area contributed by atoms with Gasteiger partial charge in [0.2, 0.25) is 5.91 Å². The summed E-state index contributed by atoms with van der Waals surface area (Å²) in [6, 6.07) is 0. The number of hydrogen-bond donors (Lipinski definition) is 0. The molecular weight excluding hydrogens is 304 g/mol. The van der Waals surface area contributed by atoms with Gasteiger partial charge in [-0.15, -0.1) is 11.6 Å². The first-order valence-corrected chi connectivity index (χ1v) is 8.50. The van der Waals surface area contributed by atoms with Crippen LogP contribution in [-0.2, 0) is 9.53 Å². The van der Waals surface area contributed by atoms with Crippen molar-refractivity contribution in [3.05, 3.63) is 0 Å². The maximum Gasteiger partial charge on any atom is 0.410 e. The smallest absolute Gasteiger partial charge is 0.410 e. The summed E-state index contributed by atoms with van der Waals surface area (Å²) >= 11 is 5.65. The molecule has 2 rings (SSSR count). The highest BCUT2D eigenvalue weighted by molar-refractivity contribution is 6.17. The second-order valence-corrected chi connectivity index (χ2v) is 8.16. The van der Waals surface area contributed by atoms with Crippen LogP contribution >= 0.6 is 11.6 Å². The summed E-state index contributed by atoms with van der Waals surface area (Å²) < 4.78 is 5.45. The molecule has 2 fully saturated rings. The third-order valence-electron chi connectivity index (χ3n) is 4.50. The highest BCUT2D eigenvalue weighted by Gasteiger charge is 2.51. The number of carbonyl (C=O) groups is 2. The summed E-state index contributed by atoms with van der Waals surface area (Å²) in [7, 11) is 0. The van der Waals surface area contributed by atoms with Gasteiger partial charge in [-0.05, 0) is 27.2 Å². The highest BCUT2D eigenvalue weighted by Crippen LogP contribution is 2.42. The molecule has 2 aliphatic heterocycles. The molecule has 0 N–H and O–H groups in total. The molecule has 2 heterocycles. The minimum Gasteiger partial charge on any atom is -0.444 e. The highest BCUT2D eigenvalue weighted by atomic mass is 35.5. The fraction of sp³-hybridized carbons (Fsp3) is 0.875. The molecule has 2 amide bonds. The third-order valence-corrected chi connectivity index (χ3v) is 4.77. The predicted molar refractivity (Wildman–Crippen MR) is 85.9 cm³/mol. The van der Waals surface area contributed by atoms with Crippen molar-refractivity contribution in [3.63, 3.8) is 0 Å². The number of fused-ring (bicyclic) bond motifs is 1. The van der Waals surface area contributed by atoms with Gasteiger partial charge in [0.05, 0.1) is 0 Å². The molecular formula is C16H27ClN2O3. The maximum absolute atomic E-state index is 12.2. The van der Waals surface area contributed by atoms with Crippen LogP contribution in [-0.4, -0.2) is 59.5 Å². The second-order valence-electron chi connectivity index (χ2n) is 7.78. The van der Waals surface area contributed by atoms with Crippen LogP contribution in [0.2, 0.25) is 0 Å². The van der Waals surface area contributed by atoms with Gasteiger partial charge in [0, 0.05) is 49.8 Å². The van der Waals surface area contributed by atoms with Crippen LogP contribution < -0.4 is 0 Å². The van der Waals surface area contributed by atoms with E-state index in [4.69, 9.17) is 16.3 Å². The largest absolute Gasteiger partial charge is 0.444 e. The van der Waals surface area contributed by atoms with Crippen molar-refractivity contribution < 1.29 is 14.3 Å². The number of rotatable bonds is 3. The minimum atomic E-state index is -0.473. The molecule has 0 aromatic heterocycles. The average Bonchev–Trinajstić information content (AvgIpc) is 2.85. The zero-order chi connectivity index (χ0) is 16.5. The van der Waals surface area contributed by atoms with Crippen molar-refractivity contribution in [1.29, 1.82) is 0 Å². The Kier molecular flexibility index (Phi) is 4.95. The van der Waals surface area contributed by atoms with Crippen molar-refractivity contribution in [2.75, 3.05) is 32.1 Å². The van der Waals surface area contributed by atoms with Gasteiger partial charge in [0.25, 0.3) is 0 Å². The van der Waals surface area contributed by atoms with E-state index in [0.29, 0.717) is 31.3 Å². The average molecular weight is 331 g/mol. The van der Waals surface area contributed by atoms with E-state index in [-0.39, 0.29) is 17.4 Å². The molecule has 6 heteroatoms. The van der Waals surface area contributed by atoms with Gasteiger partial charge < -0.3 is 14.5 Å². The number of amides is 2. The maximum atomic E-state index is 12.2. The Morgan fingerprint density at radius 3 is 2.36 bits per heavy atom. The summed E-state index contributed by atoms with van der Waals surface area (Å²) in [6.45, 7) is 10.6. The monoisotopic (exact) mass is 330 g/mol. The molecule has 0 aliphatic carbocycles. The number of halogens is 1. The van der Waals surface area contributed by atoms with Crippen molar-refractivity contribution in [2.24, 2.45) is 11.3 Å². The zero-order valence-corrected chi connectivity index (χ0v) is 14.8. The van der Waals surface area contributed by atoms with Gasteiger partial charge >= 0.3 is 6.09 Å². The van der Waals surface area contributed by atoms with Crippen LogP contribution in [0, 0.1) is 11.3 Å². The fourth-order valence-corrected chi connectivity index (χ4v) is 3.51. The molecule has 2 atom stereocenters. The van der Waals surface area contributed by atoms with E-state index >= 15 is 0 Å². The first kappa shape index (κ1) is 17.4. The third kappa shape index (κ3) is 3.86. The second kappa shape index (κ2) is 6.26. The molecule has 0 aromatic carbocycles. The van der Waals surface area contributed by atoms with Crippen molar-refractivity contribution in [3.8, 4) is 0 Å². The van der Waals surface area contributed by atoms with Gasteiger partial charge in [0.1, 0.15) is 5.60 Å². The van der Waals surface area contributed by atoms with Gasteiger partial charge in [-0.2, -0.15) is 0 Å². The van der Waals surface area contributed by atoms with E-state index in [1.54, 1.807) is 4.90 Å². The lowest BCUT2D eigenvalue weighted by Crippen LogP contribution is -2.40. The summed E-state index contributed by atoms with van der Waals surface area (Å²) in [5.41, 5.74) is -0.493. The molecule has 0 saturated carbocycles. The van der Waals surface area contributed by atoms with E-state index in [1.165, 1.54) is 0 Å². The SMILES string of the molecule is CC(C)(C)OC(=O)N1C[C@@H]2CN(C(=O)CCCCl)C[C@@]2(C)C1. The van der Waals surface area contributed by atoms with Crippen LogP contribution in [0.25, 0.3) is 0 Å². The fourth-order valence-electron chi connectivity index (χ4n) is 3.37. The lowest BCUT2D eigenvalue weighted by Gasteiger charge is -2.27.